The van der Waals surface area contributed by atoms with Gasteiger partial charge in [-0.1, -0.05) is 41.9 Å². The number of rotatable bonds is 4. The molecule has 0 fully saturated rings. The van der Waals surface area contributed by atoms with Crippen LogP contribution in [0.15, 0.2) is 48.5 Å². The normalized spacial score (nSPS) is 13.5. The predicted octanol–water partition coefficient (Wildman–Crippen LogP) is 4.62. The first-order chi connectivity index (χ1) is 9.61. The fourth-order valence-electron chi connectivity index (χ4n) is 2.23. The maximum Gasteiger partial charge on any atom is 0.0991 e. The highest BCUT2D eigenvalue weighted by atomic mass is 35.5. The van der Waals surface area contributed by atoms with Gasteiger partial charge in [0, 0.05) is 17.1 Å². The van der Waals surface area contributed by atoms with E-state index in [4.69, 9.17) is 16.9 Å². The zero-order valence-corrected chi connectivity index (χ0v) is 12.4. The van der Waals surface area contributed by atoms with Crippen LogP contribution in [0.3, 0.4) is 0 Å². The molecule has 0 amide bonds. The van der Waals surface area contributed by atoms with Gasteiger partial charge in [0.15, 0.2) is 0 Å². The third kappa shape index (κ3) is 3.39. The molecule has 102 valence electrons. The molecular weight excluding hydrogens is 268 g/mol. The number of hydrogen-bond acceptors (Lipinski definition) is 2. The van der Waals surface area contributed by atoms with Crippen molar-refractivity contribution in [2.24, 2.45) is 0 Å². The second kappa shape index (κ2) is 6.56. The second-order valence-electron chi connectivity index (χ2n) is 4.87. The van der Waals surface area contributed by atoms with Gasteiger partial charge in [0.05, 0.1) is 11.6 Å². The van der Waals surface area contributed by atoms with Gasteiger partial charge in [0.2, 0.25) is 0 Å². The van der Waals surface area contributed by atoms with Crippen LogP contribution in [-0.2, 0) is 0 Å². The van der Waals surface area contributed by atoms with E-state index in [9.17, 15) is 0 Å². The SMILES string of the molecule is CC(NC(C)c1ccccc1Cl)c1ccc(C#N)cc1. The highest BCUT2D eigenvalue weighted by molar-refractivity contribution is 6.31. The lowest BCUT2D eigenvalue weighted by molar-refractivity contribution is 0.495. The maximum atomic E-state index is 8.81. The molecule has 0 radical (unpaired) electrons. The first-order valence-corrected chi connectivity index (χ1v) is 7.00. The van der Waals surface area contributed by atoms with Gasteiger partial charge in [0.25, 0.3) is 0 Å². The summed E-state index contributed by atoms with van der Waals surface area (Å²) in [5.41, 5.74) is 2.93. The van der Waals surface area contributed by atoms with Crippen LogP contribution in [-0.4, -0.2) is 0 Å². The number of benzene rings is 2. The van der Waals surface area contributed by atoms with Gasteiger partial charge in [0.1, 0.15) is 0 Å². The predicted molar refractivity (Wildman–Crippen MR) is 82.6 cm³/mol. The van der Waals surface area contributed by atoms with Gasteiger partial charge >= 0.3 is 0 Å². The first-order valence-electron chi connectivity index (χ1n) is 6.62. The van der Waals surface area contributed by atoms with Crippen LogP contribution in [0, 0.1) is 11.3 Å². The molecule has 0 saturated carbocycles. The van der Waals surface area contributed by atoms with Crippen LogP contribution in [0.25, 0.3) is 0 Å². The molecule has 0 aromatic heterocycles. The van der Waals surface area contributed by atoms with Crippen LogP contribution in [0.5, 0.6) is 0 Å². The highest BCUT2D eigenvalue weighted by Crippen LogP contribution is 2.25. The molecule has 2 rings (SSSR count). The molecule has 2 aromatic carbocycles. The van der Waals surface area contributed by atoms with Gasteiger partial charge in [-0.15, -0.1) is 0 Å². The van der Waals surface area contributed by atoms with Gasteiger partial charge in [-0.2, -0.15) is 5.26 Å². The van der Waals surface area contributed by atoms with E-state index in [1.54, 1.807) is 0 Å². The Hall–Kier alpha value is -1.82. The van der Waals surface area contributed by atoms with Crippen molar-refractivity contribution in [3.05, 3.63) is 70.2 Å². The average Bonchev–Trinajstić information content (AvgIpc) is 2.47. The molecule has 20 heavy (non-hydrogen) atoms. The number of nitrogens with one attached hydrogen (secondary N) is 1. The lowest BCUT2D eigenvalue weighted by Gasteiger charge is -2.21. The van der Waals surface area contributed by atoms with Crippen molar-refractivity contribution >= 4 is 11.6 Å². The summed E-state index contributed by atoms with van der Waals surface area (Å²) in [6, 6.07) is 18.0. The Morgan fingerprint density at radius 3 is 2.25 bits per heavy atom. The standard InChI is InChI=1S/C17H17ClN2/c1-12(15-9-7-14(11-19)8-10-15)20-13(2)16-5-3-4-6-17(16)18/h3-10,12-13,20H,1-2H3. The summed E-state index contributed by atoms with van der Waals surface area (Å²) in [5.74, 6) is 0. The first kappa shape index (κ1) is 14.6. The topological polar surface area (TPSA) is 35.8 Å². The van der Waals surface area contributed by atoms with Gasteiger partial charge in [-0.25, -0.2) is 0 Å². The Bertz CT molecular complexity index is 614. The number of halogens is 1. The number of nitriles is 1. The molecule has 2 atom stereocenters. The molecule has 2 unspecified atom stereocenters. The third-order valence-corrected chi connectivity index (χ3v) is 3.76. The van der Waals surface area contributed by atoms with E-state index in [1.165, 1.54) is 0 Å². The minimum Gasteiger partial charge on any atom is -0.304 e. The van der Waals surface area contributed by atoms with Crippen molar-refractivity contribution in [2.45, 2.75) is 25.9 Å². The van der Waals surface area contributed by atoms with Crippen molar-refractivity contribution in [1.82, 2.24) is 5.32 Å². The van der Waals surface area contributed by atoms with Crippen molar-refractivity contribution in [1.29, 1.82) is 5.26 Å². The van der Waals surface area contributed by atoms with E-state index in [1.807, 2.05) is 48.5 Å². The summed E-state index contributed by atoms with van der Waals surface area (Å²) in [5, 5.41) is 13.1. The molecular formula is C17H17ClN2. The summed E-state index contributed by atoms with van der Waals surface area (Å²) in [4.78, 5) is 0. The Kier molecular flexibility index (Phi) is 4.79. The smallest absolute Gasteiger partial charge is 0.0991 e. The number of nitrogens with zero attached hydrogens (tertiary/aromatic N) is 1. The maximum absolute atomic E-state index is 8.81. The molecule has 0 aliphatic carbocycles. The molecule has 1 N–H and O–H groups in total. The van der Waals surface area contributed by atoms with Crippen LogP contribution in [0.1, 0.15) is 42.6 Å². The van der Waals surface area contributed by atoms with Crippen molar-refractivity contribution in [3.63, 3.8) is 0 Å². The molecule has 0 spiro atoms. The molecule has 0 saturated heterocycles. The summed E-state index contributed by atoms with van der Waals surface area (Å²) < 4.78 is 0. The van der Waals surface area contributed by atoms with E-state index in [2.05, 4.69) is 25.2 Å². The zero-order chi connectivity index (χ0) is 14.5. The Morgan fingerprint density at radius 2 is 1.65 bits per heavy atom. The van der Waals surface area contributed by atoms with E-state index in [0.29, 0.717) is 5.56 Å². The average molecular weight is 285 g/mol. The van der Waals surface area contributed by atoms with Crippen molar-refractivity contribution in [3.8, 4) is 6.07 Å². The second-order valence-corrected chi connectivity index (χ2v) is 5.27. The Balaban J connectivity index is 2.09. The van der Waals surface area contributed by atoms with E-state index >= 15 is 0 Å². The minimum absolute atomic E-state index is 0.161. The monoisotopic (exact) mass is 284 g/mol. The third-order valence-electron chi connectivity index (χ3n) is 3.41. The molecule has 0 heterocycles. The molecule has 2 nitrogen and oxygen atoms in total. The lowest BCUT2D eigenvalue weighted by Crippen LogP contribution is -2.22. The van der Waals surface area contributed by atoms with Crippen LogP contribution in [0.4, 0.5) is 0 Å². The van der Waals surface area contributed by atoms with Gasteiger partial charge < -0.3 is 5.32 Å². The van der Waals surface area contributed by atoms with E-state index in [-0.39, 0.29) is 12.1 Å². The fraction of sp³-hybridized carbons (Fsp3) is 0.235. The van der Waals surface area contributed by atoms with E-state index in [0.717, 1.165) is 16.1 Å². The summed E-state index contributed by atoms with van der Waals surface area (Å²) >= 11 is 6.21. The molecule has 0 bridgehead atoms. The van der Waals surface area contributed by atoms with Crippen molar-refractivity contribution < 1.29 is 0 Å². The van der Waals surface area contributed by atoms with Crippen LogP contribution < -0.4 is 5.32 Å². The van der Waals surface area contributed by atoms with E-state index < -0.39 is 0 Å². The Labute approximate surface area is 125 Å². The van der Waals surface area contributed by atoms with Gasteiger partial charge in [-0.3, -0.25) is 0 Å². The fourth-order valence-corrected chi connectivity index (χ4v) is 2.53. The minimum atomic E-state index is 0.161. The molecule has 0 aliphatic heterocycles. The quantitative estimate of drug-likeness (QED) is 0.889. The van der Waals surface area contributed by atoms with Crippen molar-refractivity contribution in [2.75, 3.05) is 0 Å². The Morgan fingerprint density at radius 1 is 1.00 bits per heavy atom. The summed E-state index contributed by atoms with van der Waals surface area (Å²) in [6.45, 7) is 4.20. The largest absolute Gasteiger partial charge is 0.304 e. The highest BCUT2D eigenvalue weighted by Gasteiger charge is 2.13. The lowest BCUT2D eigenvalue weighted by atomic mass is 10.0. The molecule has 0 aliphatic rings. The number of hydrogen-bond donors (Lipinski definition) is 1. The zero-order valence-electron chi connectivity index (χ0n) is 11.6. The van der Waals surface area contributed by atoms with Gasteiger partial charge in [-0.05, 0) is 43.2 Å². The molecule has 3 heteroatoms. The van der Waals surface area contributed by atoms with Crippen LogP contribution >= 0.6 is 11.6 Å². The van der Waals surface area contributed by atoms with Crippen LogP contribution in [0.2, 0.25) is 5.02 Å². The summed E-state index contributed by atoms with van der Waals surface area (Å²) in [6.07, 6.45) is 0. The summed E-state index contributed by atoms with van der Waals surface area (Å²) in [7, 11) is 0. The molecule has 2 aromatic rings.